The lowest BCUT2D eigenvalue weighted by molar-refractivity contribution is -0.124. The molecule has 1 aliphatic heterocycles. The molecule has 0 bridgehead atoms. The van der Waals surface area contributed by atoms with E-state index in [2.05, 4.69) is 15.2 Å². The largest absolute Gasteiger partial charge is 0.484 e. The van der Waals surface area contributed by atoms with Crippen molar-refractivity contribution < 1.29 is 23.0 Å². The van der Waals surface area contributed by atoms with Crippen LogP contribution < -0.4 is 14.8 Å². The first kappa shape index (κ1) is 24.9. The van der Waals surface area contributed by atoms with Crippen LogP contribution in [0.25, 0.3) is 0 Å². The average Bonchev–Trinajstić information content (AvgIpc) is 3.24. The highest BCUT2D eigenvalue weighted by molar-refractivity contribution is 7.13. The Balaban J connectivity index is 1.13. The maximum absolute atomic E-state index is 13.0. The molecule has 2 aromatic rings. The van der Waals surface area contributed by atoms with E-state index in [1.165, 1.54) is 11.3 Å². The molecule has 0 unspecified atom stereocenters. The highest BCUT2D eigenvalue weighted by Crippen LogP contribution is 2.32. The molecular weight excluding hydrogens is 460 g/mol. The zero-order valence-electron chi connectivity index (χ0n) is 19.6. The normalized spacial score (nSPS) is 21.0. The lowest BCUT2D eigenvalue weighted by Gasteiger charge is -2.32. The van der Waals surface area contributed by atoms with Gasteiger partial charge in [-0.15, -0.1) is 0 Å². The number of ether oxygens (including phenoxy) is 2. The minimum Gasteiger partial charge on any atom is -0.484 e. The molecule has 1 fully saturated rings. The van der Waals surface area contributed by atoms with Crippen molar-refractivity contribution in [1.29, 1.82) is 0 Å². The Morgan fingerprint density at radius 2 is 1.97 bits per heavy atom. The highest BCUT2D eigenvalue weighted by atomic mass is 32.1. The quantitative estimate of drug-likeness (QED) is 0.521. The second-order valence-electron chi connectivity index (χ2n) is 9.41. The van der Waals surface area contributed by atoms with Crippen LogP contribution in [0.4, 0.5) is 8.78 Å². The number of alkyl halides is 2. The SMILES string of the molecule is CC(F)(F)COc1nc2c(s1)CCN(CCC1CCC(NC(=O)COc3ccccc3)CC1)C2. The maximum atomic E-state index is 13.0. The Morgan fingerprint density at radius 3 is 2.71 bits per heavy atom. The molecule has 0 radical (unpaired) electrons. The van der Waals surface area contributed by atoms with Gasteiger partial charge >= 0.3 is 0 Å². The molecule has 34 heavy (non-hydrogen) atoms. The van der Waals surface area contributed by atoms with Crippen LogP contribution in [0.2, 0.25) is 0 Å². The third-order valence-corrected chi connectivity index (χ3v) is 7.48. The van der Waals surface area contributed by atoms with E-state index in [-0.39, 0.29) is 18.6 Å². The van der Waals surface area contributed by atoms with Crippen LogP contribution in [0.15, 0.2) is 30.3 Å². The summed E-state index contributed by atoms with van der Waals surface area (Å²) in [6.45, 7) is 2.99. The van der Waals surface area contributed by atoms with Crippen LogP contribution in [0.3, 0.4) is 0 Å². The van der Waals surface area contributed by atoms with E-state index in [4.69, 9.17) is 9.47 Å². The molecule has 1 aromatic carbocycles. The van der Waals surface area contributed by atoms with Gasteiger partial charge in [-0.05, 0) is 63.1 Å². The van der Waals surface area contributed by atoms with Crippen molar-refractivity contribution in [3.63, 3.8) is 0 Å². The zero-order valence-corrected chi connectivity index (χ0v) is 20.4. The Hall–Kier alpha value is -2.26. The topological polar surface area (TPSA) is 63.7 Å². The van der Waals surface area contributed by atoms with Gasteiger partial charge in [0.05, 0.1) is 5.69 Å². The number of carbonyl (C=O) groups is 1. The zero-order chi connectivity index (χ0) is 24.0. The van der Waals surface area contributed by atoms with Gasteiger partial charge in [0.15, 0.2) is 13.2 Å². The van der Waals surface area contributed by atoms with Crippen LogP contribution in [-0.2, 0) is 17.8 Å². The molecule has 6 nitrogen and oxygen atoms in total. The number of benzene rings is 1. The van der Waals surface area contributed by atoms with Gasteiger partial charge in [-0.2, -0.15) is 0 Å². The third-order valence-electron chi connectivity index (χ3n) is 6.41. The molecule has 1 saturated carbocycles. The molecule has 0 saturated heterocycles. The van der Waals surface area contributed by atoms with Crippen molar-refractivity contribution in [3.05, 3.63) is 40.9 Å². The smallest absolute Gasteiger partial charge is 0.278 e. The van der Waals surface area contributed by atoms with Gasteiger partial charge in [-0.25, -0.2) is 13.8 Å². The molecule has 0 atom stereocenters. The minimum atomic E-state index is -2.85. The van der Waals surface area contributed by atoms with Crippen molar-refractivity contribution in [1.82, 2.24) is 15.2 Å². The predicted molar refractivity (Wildman–Crippen MR) is 128 cm³/mol. The molecule has 1 N–H and O–H groups in total. The first-order valence-corrected chi connectivity index (χ1v) is 12.8. The second-order valence-corrected chi connectivity index (χ2v) is 10.5. The summed E-state index contributed by atoms with van der Waals surface area (Å²) in [5, 5.41) is 3.46. The Bertz CT molecular complexity index is 927. The number of halogens is 2. The summed E-state index contributed by atoms with van der Waals surface area (Å²) >= 11 is 1.39. The summed E-state index contributed by atoms with van der Waals surface area (Å²) in [4.78, 5) is 20.2. The number of hydrogen-bond acceptors (Lipinski definition) is 6. The fourth-order valence-corrected chi connectivity index (χ4v) is 5.47. The first-order chi connectivity index (χ1) is 16.3. The van der Waals surface area contributed by atoms with Crippen molar-refractivity contribution in [2.75, 3.05) is 26.3 Å². The van der Waals surface area contributed by atoms with Crippen LogP contribution in [0.1, 0.15) is 49.6 Å². The number of carbonyl (C=O) groups excluding carboxylic acids is 1. The Kier molecular flexibility index (Phi) is 8.37. The van der Waals surface area contributed by atoms with Gasteiger partial charge in [-0.1, -0.05) is 29.5 Å². The van der Waals surface area contributed by atoms with Crippen LogP contribution in [0.5, 0.6) is 10.9 Å². The number of fused-ring (bicyclic) bond motifs is 1. The summed E-state index contributed by atoms with van der Waals surface area (Å²) in [5.41, 5.74) is 0.967. The van der Waals surface area contributed by atoms with Crippen LogP contribution >= 0.6 is 11.3 Å². The fourth-order valence-electron chi connectivity index (χ4n) is 4.57. The number of rotatable bonds is 10. The van der Waals surface area contributed by atoms with E-state index in [0.717, 1.165) is 75.7 Å². The van der Waals surface area contributed by atoms with Crippen molar-refractivity contribution in [3.8, 4) is 10.9 Å². The van der Waals surface area contributed by atoms with E-state index in [1.54, 1.807) is 0 Å². The number of thiazole rings is 1. The van der Waals surface area contributed by atoms with E-state index >= 15 is 0 Å². The number of nitrogens with zero attached hydrogens (tertiary/aromatic N) is 2. The maximum Gasteiger partial charge on any atom is 0.278 e. The molecule has 9 heteroatoms. The number of aromatic nitrogens is 1. The van der Waals surface area contributed by atoms with Gasteiger partial charge in [0.25, 0.3) is 17.0 Å². The van der Waals surface area contributed by atoms with Gasteiger partial charge in [-0.3, -0.25) is 9.69 Å². The average molecular weight is 494 g/mol. The van der Waals surface area contributed by atoms with Crippen molar-refractivity contribution >= 4 is 17.2 Å². The molecule has 0 spiro atoms. The van der Waals surface area contributed by atoms with Crippen molar-refractivity contribution in [2.45, 2.75) is 64.0 Å². The molecule has 2 aliphatic rings. The number of amides is 1. The van der Waals surface area contributed by atoms with Crippen molar-refractivity contribution in [2.24, 2.45) is 5.92 Å². The number of hydrogen-bond donors (Lipinski definition) is 1. The van der Waals surface area contributed by atoms with Gasteiger partial charge in [0.2, 0.25) is 0 Å². The number of nitrogens with one attached hydrogen (secondary N) is 1. The number of para-hydroxylation sites is 1. The molecular formula is C25H33F2N3O3S. The molecule has 186 valence electrons. The standard InChI is InChI=1S/C25H33F2N3O3S/c1-25(26,27)17-33-24-29-21-15-30(14-12-22(21)34-24)13-11-18-7-9-19(10-8-18)28-23(31)16-32-20-5-3-2-4-6-20/h2-6,18-19H,7-17H2,1H3,(H,28,31). The molecule has 1 aromatic heterocycles. The Morgan fingerprint density at radius 1 is 1.21 bits per heavy atom. The van der Waals surface area contributed by atoms with E-state index in [0.29, 0.717) is 16.9 Å². The van der Waals surface area contributed by atoms with Crippen LogP contribution in [-0.4, -0.2) is 54.1 Å². The second kappa shape index (κ2) is 11.4. The highest BCUT2D eigenvalue weighted by Gasteiger charge is 2.27. The van der Waals surface area contributed by atoms with E-state index < -0.39 is 12.5 Å². The first-order valence-electron chi connectivity index (χ1n) is 12.0. The Labute approximate surface area is 203 Å². The molecule has 2 heterocycles. The third kappa shape index (κ3) is 7.63. The summed E-state index contributed by atoms with van der Waals surface area (Å²) < 4.78 is 36.8. The predicted octanol–water partition coefficient (Wildman–Crippen LogP) is 4.68. The molecule has 1 aliphatic carbocycles. The van der Waals surface area contributed by atoms with Gasteiger partial charge in [0, 0.05) is 30.9 Å². The fraction of sp³-hybridized carbons (Fsp3) is 0.600. The van der Waals surface area contributed by atoms with E-state index in [9.17, 15) is 13.6 Å². The molecule has 4 rings (SSSR count). The van der Waals surface area contributed by atoms with Crippen LogP contribution in [0, 0.1) is 5.92 Å². The van der Waals surface area contributed by atoms with E-state index in [1.807, 2.05) is 30.3 Å². The monoisotopic (exact) mass is 493 g/mol. The van der Waals surface area contributed by atoms with Gasteiger partial charge < -0.3 is 14.8 Å². The summed E-state index contributed by atoms with van der Waals surface area (Å²) in [6.07, 6.45) is 6.25. The summed E-state index contributed by atoms with van der Waals surface area (Å²) in [7, 11) is 0. The lowest BCUT2D eigenvalue weighted by Crippen LogP contribution is -2.40. The molecule has 1 amide bonds. The summed E-state index contributed by atoms with van der Waals surface area (Å²) in [6, 6.07) is 9.60. The lowest BCUT2D eigenvalue weighted by atomic mass is 9.84. The van der Waals surface area contributed by atoms with Gasteiger partial charge in [0.1, 0.15) is 5.75 Å². The minimum absolute atomic E-state index is 0.0468. The summed E-state index contributed by atoms with van der Waals surface area (Å²) in [5.74, 6) is -1.55.